The van der Waals surface area contributed by atoms with Gasteiger partial charge in [0, 0.05) is 25.2 Å². The molecule has 1 aromatic carbocycles. The summed E-state index contributed by atoms with van der Waals surface area (Å²) in [4.78, 5) is 69.2. The van der Waals surface area contributed by atoms with Gasteiger partial charge in [-0.05, 0) is 37.1 Å². The number of aliphatic hydroxyl groups is 2. The Hall–Kier alpha value is -2.27. The van der Waals surface area contributed by atoms with E-state index in [-0.39, 0.29) is 29.7 Å². The highest BCUT2D eigenvalue weighted by Crippen LogP contribution is 2.64. The predicted molar refractivity (Wildman–Crippen MR) is 196 cm³/mol. The summed E-state index contributed by atoms with van der Waals surface area (Å²) < 4.78 is 35.6. The Labute approximate surface area is 345 Å². The minimum atomic E-state index is -2.37. The lowest BCUT2D eigenvalue weighted by Gasteiger charge is -2.67. The summed E-state index contributed by atoms with van der Waals surface area (Å²) in [6.45, 7) is 4.91. The lowest BCUT2D eigenvalue weighted by atomic mass is 9.44. The fourth-order valence-corrected chi connectivity index (χ4v) is 8.78. The minimum absolute atomic E-state index is 0.0436. The number of esters is 2. The Morgan fingerprint density at radius 2 is 1.47 bits per heavy atom. The molecule has 2 bridgehead atoms. The molecule has 9 atom stereocenters. The number of ether oxygens (including phenoxy) is 7. The summed E-state index contributed by atoms with van der Waals surface area (Å²) >= 11 is 34.7. The highest BCUT2D eigenvalue weighted by Gasteiger charge is 2.79. The molecule has 5 rings (SSSR count). The number of halogens is 6. The Morgan fingerprint density at radius 3 is 1.98 bits per heavy atom. The predicted octanol–water partition coefficient (Wildman–Crippen LogP) is 6.14. The summed E-state index contributed by atoms with van der Waals surface area (Å²) in [6.07, 6.45) is -11.9. The van der Waals surface area contributed by atoms with Gasteiger partial charge in [-0.2, -0.15) is 0 Å². The van der Waals surface area contributed by atoms with Crippen LogP contribution >= 0.6 is 69.6 Å². The zero-order valence-electron chi connectivity index (χ0n) is 29.9. The first-order chi connectivity index (χ1) is 25.3. The summed E-state index contributed by atoms with van der Waals surface area (Å²) in [7, 11) is 0. The third-order valence-electron chi connectivity index (χ3n) is 11.1. The molecule has 1 heterocycles. The van der Waals surface area contributed by atoms with Gasteiger partial charge >= 0.3 is 24.2 Å². The molecule has 0 radical (unpaired) electrons. The molecule has 0 aromatic heterocycles. The van der Waals surface area contributed by atoms with Crippen molar-refractivity contribution < 1.29 is 67.3 Å². The van der Waals surface area contributed by atoms with Gasteiger partial charge in [0.25, 0.3) is 0 Å². The van der Waals surface area contributed by atoms with Crippen LogP contribution in [0.3, 0.4) is 0 Å². The van der Waals surface area contributed by atoms with E-state index in [0.717, 1.165) is 6.92 Å². The van der Waals surface area contributed by atoms with Crippen molar-refractivity contribution in [2.45, 2.75) is 96.8 Å². The molecule has 0 amide bonds. The van der Waals surface area contributed by atoms with Crippen LogP contribution in [-0.2, 0) is 42.7 Å². The smallest absolute Gasteiger partial charge is 0.455 e. The lowest BCUT2D eigenvalue weighted by molar-refractivity contribution is -0.346. The number of hydrogen-bond donors (Lipinski definition) is 2. The highest BCUT2D eigenvalue weighted by atomic mass is 35.6. The molecular formula is C35H38Cl6O14. The van der Waals surface area contributed by atoms with E-state index in [9.17, 15) is 29.4 Å². The van der Waals surface area contributed by atoms with Gasteiger partial charge in [-0.25, -0.2) is 14.4 Å². The van der Waals surface area contributed by atoms with Gasteiger partial charge in [0.2, 0.25) is 7.59 Å². The quantitative estimate of drug-likeness (QED) is 0.137. The van der Waals surface area contributed by atoms with Gasteiger partial charge in [-0.3, -0.25) is 9.59 Å². The van der Waals surface area contributed by atoms with E-state index in [4.69, 9.17) is 103 Å². The van der Waals surface area contributed by atoms with Crippen LogP contribution in [0.15, 0.2) is 41.5 Å². The molecule has 1 unspecified atom stereocenters. The van der Waals surface area contributed by atoms with Crippen LogP contribution < -0.4 is 0 Å². The van der Waals surface area contributed by atoms with Gasteiger partial charge in [-0.15, -0.1) is 0 Å². The monoisotopic (exact) mass is 892 g/mol. The number of alkyl halides is 6. The average Bonchev–Trinajstić information content (AvgIpc) is 3.07. The minimum Gasteiger partial charge on any atom is -0.455 e. The normalized spacial score (nSPS) is 34.0. The van der Waals surface area contributed by atoms with Crippen LogP contribution in [0.1, 0.15) is 57.8 Å². The topological polar surface area (TPSA) is 190 Å². The first-order valence-electron chi connectivity index (χ1n) is 16.8. The van der Waals surface area contributed by atoms with Crippen molar-refractivity contribution in [2.24, 2.45) is 16.7 Å². The zero-order valence-corrected chi connectivity index (χ0v) is 34.5. The zero-order chi connectivity index (χ0) is 41.1. The van der Waals surface area contributed by atoms with Crippen LogP contribution in [0.4, 0.5) is 9.59 Å². The lowest BCUT2D eigenvalue weighted by Crippen LogP contribution is -2.82. The fraction of sp³-hybridized carbons (Fsp3) is 0.629. The molecule has 20 heteroatoms. The van der Waals surface area contributed by atoms with Gasteiger partial charge in [-0.1, -0.05) is 102 Å². The summed E-state index contributed by atoms with van der Waals surface area (Å²) in [5.41, 5.74) is -8.11. The fourth-order valence-electron chi connectivity index (χ4n) is 8.45. The second-order valence-electron chi connectivity index (χ2n) is 14.7. The molecule has 3 aliphatic carbocycles. The van der Waals surface area contributed by atoms with Crippen LogP contribution in [0.25, 0.3) is 0 Å². The summed E-state index contributed by atoms with van der Waals surface area (Å²) in [5, 5.41) is 24.8. The number of benzene rings is 1. The van der Waals surface area contributed by atoms with Crippen LogP contribution in [0.2, 0.25) is 0 Å². The molecule has 55 heavy (non-hydrogen) atoms. The van der Waals surface area contributed by atoms with E-state index in [0.29, 0.717) is 0 Å². The van der Waals surface area contributed by atoms with Gasteiger partial charge in [0.15, 0.2) is 17.5 Å². The van der Waals surface area contributed by atoms with Crippen molar-refractivity contribution in [1.82, 2.24) is 0 Å². The number of Topliss-reactive ketones (excluding diaryl/α,β-unsaturated/α-hetero) is 1. The number of ketones is 1. The van der Waals surface area contributed by atoms with Crippen molar-refractivity contribution in [3.05, 3.63) is 47.0 Å². The number of carbonyl (C=O) groups is 5. The van der Waals surface area contributed by atoms with Gasteiger partial charge < -0.3 is 43.4 Å². The third kappa shape index (κ3) is 8.22. The molecule has 2 N–H and O–H groups in total. The molecule has 1 aliphatic heterocycles. The second kappa shape index (κ2) is 15.5. The van der Waals surface area contributed by atoms with Gasteiger partial charge in [0.1, 0.15) is 37.1 Å². The Kier molecular flexibility index (Phi) is 12.3. The van der Waals surface area contributed by atoms with Crippen molar-refractivity contribution >= 4 is 99.6 Å². The van der Waals surface area contributed by atoms with E-state index in [1.54, 1.807) is 18.2 Å². The average molecular weight is 895 g/mol. The Bertz CT molecular complexity index is 1740. The number of fused-ring (bicyclic) bond motifs is 5. The van der Waals surface area contributed by atoms with E-state index in [2.05, 4.69) is 0 Å². The molecule has 3 fully saturated rings. The molecule has 2 saturated carbocycles. The van der Waals surface area contributed by atoms with Crippen molar-refractivity contribution in [1.29, 1.82) is 0 Å². The third-order valence-corrected chi connectivity index (χ3v) is 11.7. The number of hydrogen-bond acceptors (Lipinski definition) is 14. The molecule has 1 aromatic rings. The first-order valence-corrected chi connectivity index (χ1v) is 19.1. The maximum Gasteiger partial charge on any atom is 0.509 e. The number of rotatable bonds is 7. The molecule has 1 saturated heterocycles. The Balaban J connectivity index is 1.80. The van der Waals surface area contributed by atoms with E-state index in [1.165, 1.54) is 39.8 Å². The largest absolute Gasteiger partial charge is 0.509 e. The summed E-state index contributed by atoms with van der Waals surface area (Å²) in [5.74, 6) is -4.48. The maximum absolute atomic E-state index is 15.6. The molecule has 304 valence electrons. The van der Waals surface area contributed by atoms with Crippen LogP contribution in [0.5, 0.6) is 0 Å². The molecule has 0 spiro atoms. The standard InChI is InChI=1S/C35H38Cl6O14/c1-16-19(43)12-33(48)26(54-27(45)18-9-7-6-8-10-18)24-31(5,25(44)23(22(16)30(33,3)4)53-29(47)51-15-35(39,40)41)20(52-28(46)50-14-34(36,37)38)11-21-32(24,13-49-21)55-17(2)42/h6-10,19-21,23-24,26,43,48H,11-15H2,1-5H3/t19-,20-,21+,23+,24-,26-,31+,32-,33?/m0/s1. The van der Waals surface area contributed by atoms with E-state index >= 15 is 4.79 Å². The van der Waals surface area contributed by atoms with Crippen LogP contribution in [0, 0.1) is 16.7 Å². The van der Waals surface area contributed by atoms with E-state index < -0.39 is 116 Å². The van der Waals surface area contributed by atoms with Crippen LogP contribution in [-0.4, -0.2) is 109 Å². The maximum atomic E-state index is 15.6. The van der Waals surface area contributed by atoms with Crippen molar-refractivity contribution in [2.75, 3.05) is 19.8 Å². The SMILES string of the molecule is CC(=O)O[C@@]12CO[C@@H]1C[C@H](OC(=O)OCC(Cl)(Cl)Cl)[C@@]1(C)C(=O)[C@H](OC(=O)OCC(Cl)(Cl)Cl)C3=C(C)[C@@H](O)CC(O)([C@@H](OC(=O)c4ccccc4)[C@H]21)C3(C)C. The highest BCUT2D eigenvalue weighted by molar-refractivity contribution is 6.68. The van der Waals surface area contributed by atoms with Crippen molar-refractivity contribution in [3.8, 4) is 0 Å². The first kappa shape index (κ1) is 43.8. The molecular weight excluding hydrogens is 857 g/mol. The molecule has 4 aliphatic rings. The second-order valence-corrected chi connectivity index (χ2v) is 19.7. The number of aliphatic hydroxyl groups excluding tert-OH is 1. The van der Waals surface area contributed by atoms with E-state index in [1.807, 2.05) is 0 Å². The molecule has 14 nitrogen and oxygen atoms in total. The van der Waals surface area contributed by atoms with Crippen molar-refractivity contribution in [3.63, 3.8) is 0 Å². The summed E-state index contributed by atoms with van der Waals surface area (Å²) in [6, 6.07) is 7.71. The van der Waals surface area contributed by atoms with Gasteiger partial charge in [0.05, 0.1) is 29.6 Å². The Morgan fingerprint density at radius 1 is 0.909 bits per heavy atom. The number of carbonyl (C=O) groups excluding carboxylic acids is 5.